The number of benzene rings is 1. The van der Waals surface area contributed by atoms with E-state index in [0.717, 1.165) is 11.9 Å². The minimum Gasteiger partial charge on any atom is -0.435 e. The minimum atomic E-state index is -2.20. The van der Waals surface area contributed by atoms with Gasteiger partial charge in [0.15, 0.2) is 0 Å². The molecule has 0 atom stereocenters. The average molecular weight is 283 g/mol. The Labute approximate surface area is 106 Å². The van der Waals surface area contributed by atoms with Crippen LogP contribution in [0.15, 0.2) is 0 Å². The van der Waals surface area contributed by atoms with Crippen LogP contribution in [0.4, 0.5) is 27.6 Å². The number of rotatable bonds is 1. The third-order valence-corrected chi connectivity index (χ3v) is 2.37. The Morgan fingerprint density at radius 2 is 1.26 bits per heavy atom. The van der Waals surface area contributed by atoms with Crippen molar-refractivity contribution in [1.29, 1.82) is 0 Å². The van der Waals surface area contributed by atoms with Gasteiger partial charge >= 0.3 is 6.02 Å². The molecule has 0 aliphatic heterocycles. The van der Waals surface area contributed by atoms with Crippen molar-refractivity contribution in [3.8, 4) is 0 Å². The zero-order valence-corrected chi connectivity index (χ0v) is 10.7. The van der Waals surface area contributed by atoms with Crippen molar-refractivity contribution in [2.75, 3.05) is 33.2 Å². The topological polar surface area (TPSA) is 15.5 Å². The number of ether oxygens (including phenoxy) is 1. The summed E-state index contributed by atoms with van der Waals surface area (Å²) in [6.07, 6.45) is 0. The SMILES string of the molecule is COC(N(C)c1c(F)c(F)c(F)c(F)c1F)=[N+](C)C. The Kier molecular flexibility index (Phi) is 4.33. The molecule has 0 bridgehead atoms. The van der Waals surface area contributed by atoms with Crippen molar-refractivity contribution in [1.82, 2.24) is 0 Å². The smallest absolute Gasteiger partial charge is 0.435 e. The first kappa shape index (κ1) is 15.2. The molecule has 1 aromatic carbocycles. The molecule has 0 aromatic heterocycles. The van der Waals surface area contributed by atoms with Crippen LogP contribution in [0.5, 0.6) is 0 Å². The molecule has 19 heavy (non-hydrogen) atoms. The minimum absolute atomic E-state index is 0.0943. The Bertz CT molecular complexity index is 511. The van der Waals surface area contributed by atoms with E-state index in [2.05, 4.69) is 0 Å². The van der Waals surface area contributed by atoms with Gasteiger partial charge in [0.25, 0.3) is 0 Å². The molecule has 1 aromatic rings. The van der Waals surface area contributed by atoms with Gasteiger partial charge in [-0.1, -0.05) is 0 Å². The number of hydrogen-bond donors (Lipinski definition) is 0. The van der Waals surface area contributed by atoms with Crippen LogP contribution in [-0.4, -0.2) is 38.9 Å². The normalized spacial score (nSPS) is 10.4. The van der Waals surface area contributed by atoms with Crippen LogP contribution in [0.25, 0.3) is 0 Å². The number of methoxy groups -OCH3 is 1. The van der Waals surface area contributed by atoms with Crippen LogP contribution in [0.3, 0.4) is 0 Å². The van der Waals surface area contributed by atoms with Gasteiger partial charge in [0.1, 0.15) is 0 Å². The number of amidine groups is 1. The van der Waals surface area contributed by atoms with Gasteiger partial charge in [-0.2, -0.15) is 13.7 Å². The van der Waals surface area contributed by atoms with Crippen LogP contribution in [-0.2, 0) is 4.74 Å². The van der Waals surface area contributed by atoms with E-state index >= 15 is 0 Å². The fourth-order valence-electron chi connectivity index (χ4n) is 1.60. The maximum Gasteiger partial charge on any atom is 0.450 e. The van der Waals surface area contributed by atoms with Crippen LogP contribution in [0.2, 0.25) is 0 Å². The third-order valence-electron chi connectivity index (χ3n) is 2.37. The molecular weight excluding hydrogens is 271 g/mol. The van der Waals surface area contributed by atoms with E-state index in [-0.39, 0.29) is 6.02 Å². The highest BCUT2D eigenvalue weighted by Crippen LogP contribution is 2.29. The molecule has 0 unspecified atom stereocenters. The van der Waals surface area contributed by atoms with Gasteiger partial charge < -0.3 is 4.74 Å². The predicted molar refractivity (Wildman–Crippen MR) is 58.8 cm³/mol. The first-order chi connectivity index (χ1) is 8.73. The summed E-state index contributed by atoms with van der Waals surface area (Å²) in [7, 11) is 5.30. The lowest BCUT2D eigenvalue weighted by Crippen LogP contribution is -2.36. The molecule has 0 saturated carbocycles. The predicted octanol–water partition coefficient (Wildman–Crippen LogP) is 2.09. The van der Waals surface area contributed by atoms with Gasteiger partial charge in [-0.3, -0.25) is 0 Å². The van der Waals surface area contributed by atoms with Crippen molar-refractivity contribution in [3.05, 3.63) is 29.1 Å². The van der Waals surface area contributed by atoms with E-state index in [0.29, 0.717) is 0 Å². The molecule has 0 aliphatic carbocycles. The molecule has 0 fully saturated rings. The Balaban J connectivity index is 3.57. The van der Waals surface area contributed by atoms with Crippen molar-refractivity contribution in [2.24, 2.45) is 0 Å². The van der Waals surface area contributed by atoms with Crippen molar-refractivity contribution < 1.29 is 31.3 Å². The van der Waals surface area contributed by atoms with Gasteiger partial charge in [0.05, 0.1) is 28.3 Å². The Morgan fingerprint density at radius 3 is 1.58 bits per heavy atom. The fourth-order valence-corrected chi connectivity index (χ4v) is 1.60. The van der Waals surface area contributed by atoms with E-state index in [4.69, 9.17) is 4.74 Å². The maximum absolute atomic E-state index is 13.6. The fraction of sp³-hybridized carbons (Fsp3) is 0.364. The average Bonchev–Trinajstić information content (AvgIpc) is 2.34. The summed E-state index contributed by atoms with van der Waals surface area (Å²) in [5, 5.41) is 0. The van der Waals surface area contributed by atoms with E-state index in [1.165, 1.54) is 25.8 Å². The highest BCUT2D eigenvalue weighted by atomic mass is 19.2. The maximum atomic E-state index is 13.6. The summed E-state index contributed by atoms with van der Waals surface area (Å²) < 4.78 is 72.4. The highest BCUT2D eigenvalue weighted by Gasteiger charge is 2.34. The summed E-state index contributed by atoms with van der Waals surface area (Å²) in [4.78, 5) is 0.732. The van der Waals surface area contributed by atoms with Gasteiger partial charge in [-0.25, -0.2) is 17.7 Å². The van der Waals surface area contributed by atoms with Crippen LogP contribution in [0, 0.1) is 29.1 Å². The number of halogens is 5. The standard InChI is InChI=1S/C11H12F5N2O/c1-17(2)11(19-4)18(3)10-8(15)6(13)5(12)7(14)9(10)16/h1-4H3/q+1. The quantitative estimate of drug-likeness (QED) is 0.196. The molecule has 106 valence electrons. The molecule has 1 rings (SSSR count). The lowest BCUT2D eigenvalue weighted by molar-refractivity contribution is -0.475. The molecule has 3 nitrogen and oxygen atoms in total. The molecule has 0 radical (unpaired) electrons. The first-order valence-electron chi connectivity index (χ1n) is 5.07. The zero-order chi connectivity index (χ0) is 14.9. The molecule has 0 spiro atoms. The highest BCUT2D eigenvalue weighted by molar-refractivity contribution is 5.87. The monoisotopic (exact) mass is 283 g/mol. The second kappa shape index (κ2) is 5.41. The van der Waals surface area contributed by atoms with E-state index in [9.17, 15) is 22.0 Å². The molecular formula is C11H12F5N2O+. The number of hydrogen-bond acceptors (Lipinski definition) is 1. The molecule has 0 heterocycles. The molecule has 0 saturated heterocycles. The number of anilines is 1. The van der Waals surface area contributed by atoms with Gasteiger partial charge in [0, 0.05) is 0 Å². The largest absolute Gasteiger partial charge is 0.450 e. The summed E-state index contributed by atoms with van der Waals surface area (Å²) >= 11 is 0. The molecule has 0 N–H and O–H groups in total. The Hall–Kier alpha value is -1.86. The molecule has 0 aliphatic rings. The van der Waals surface area contributed by atoms with Gasteiger partial charge in [-0.05, 0) is 0 Å². The first-order valence-corrected chi connectivity index (χ1v) is 5.07. The van der Waals surface area contributed by atoms with Crippen molar-refractivity contribution in [3.63, 3.8) is 0 Å². The third kappa shape index (κ3) is 2.47. The number of nitrogens with zero attached hydrogens (tertiary/aromatic N) is 2. The van der Waals surface area contributed by atoms with E-state index in [1.807, 2.05) is 0 Å². The van der Waals surface area contributed by atoms with Crippen molar-refractivity contribution >= 4 is 11.7 Å². The van der Waals surface area contributed by atoms with Gasteiger partial charge in [-0.15, -0.1) is 0 Å². The van der Waals surface area contributed by atoms with Crippen molar-refractivity contribution in [2.45, 2.75) is 0 Å². The molecule has 0 amide bonds. The summed E-state index contributed by atoms with van der Waals surface area (Å²) in [6.45, 7) is 0. The van der Waals surface area contributed by atoms with E-state index < -0.39 is 34.8 Å². The van der Waals surface area contributed by atoms with Crippen LogP contribution < -0.4 is 4.90 Å². The van der Waals surface area contributed by atoms with E-state index in [1.54, 1.807) is 0 Å². The van der Waals surface area contributed by atoms with Crippen LogP contribution >= 0.6 is 0 Å². The summed E-state index contributed by atoms with van der Waals surface area (Å²) in [5.41, 5.74) is -1.08. The zero-order valence-electron chi connectivity index (χ0n) is 10.7. The lowest BCUT2D eigenvalue weighted by atomic mass is 10.2. The second-order valence-corrected chi connectivity index (χ2v) is 3.86. The van der Waals surface area contributed by atoms with Gasteiger partial charge in [0.2, 0.25) is 34.8 Å². The Morgan fingerprint density at radius 1 is 0.895 bits per heavy atom. The van der Waals surface area contributed by atoms with Crippen LogP contribution in [0.1, 0.15) is 0 Å². The lowest BCUT2D eigenvalue weighted by Gasteiger charge is -2.15. The molecule has 8 heteroatoms. The summed E-state index contributed by atoms with van der Waals surface area (Å²) in [6, 6.07) is -0.0943. The second-order valence-electron chi connectivity index (χ2n) is 3.86. The summed E-state index contributed by atoms with van der Waals surface area (Å²) in [5.74, 6) is -10.0.